The summed E-state index contributed by atoms with van der Waals surface area (Å²) in [6.07, 6.45) is 0.909. The van der Waals surface area contributed by atoms with Crippen LogP contribution in [0.3, 0.4) is 0 Å². The van der Waals surface area contributed by atoms with E-state index < -0.39 is 72.1 Å². The lowest BCUT2D eigenvalue weighted by Crippen LogP contribution is -2.37. The number of hydrogen-bond donors (Lipinski definition) is 5. The summed E-state index contributed by atoms with van der Waals surface area (Å²) in [6.45, 7) is 1.17. The van der Waals surface area contributed by atoms with Gasteiger partial charge in [-0.15, -0.1) is 0 Å². The van der Waals surface area contributed by atoms with Crippen molar-refractivity contribution in [1.29, 1.82) is 0 Å². The van der Waals surface area contributed by atoms with Gasteiger partial charge in [0.05, 0.1) is 49.6 Å². The van der Waals surface area contributed by atoms with Gasteiger partial charge in [-0.2, -0.15) is 18.1 Å². The highest BCUT2D eigenvalue weighted by molar-refractivity contribution is 6.00. The van der Waals surface area contributed by atoms with E-state index in [1.165, 1.54) is 30.3 Å². The Labute approximate surface area is 484 Å². The number of alkyl halides is 3. The third kappa shape index (κ3) is 18.1. The Kier molecular flexibility index (Phi) is 20.9. The maximum Gasteiger partial charge on any atom is 0.389 e. The van der Waals surface area contributed by atoms with E-state index in [-0.39, 0.29) is 31.6 Å². The number of rotatable bonds is 21. The second kappa shape index (κ2) is 29.0. The monoisotopic (exact) mass is 1170 g/mol. The predicted molar refractivity (Wildman–Crippen MR) is 303 cm³/mol. The predicted octanol–water partition coefficient (Wildman–Crippen LogP) is 9.54. The van der Waals surface area contributed by atoms with E-state index in [2.05, 4.69) is 20.5 Å². The molecule has 0 spiro atoms. The van der Waals surface area contributed by atoms with E-state index in [1.807, 2.05) is 60.8 Å². The van der Waals surface area contributed by atoms with Gasteiger partial charge in [-0.1, -0.05) is 42.5 Å². The third-order valence-corrected chi connectivity index (χ3v) is 13.7. The summed E-state index contributed by atoms with van der Waals surface area (Å²) >= 11 is 0. The van der Waals surface area contributed by atoms with Crippen molar-refractivity contribution in [2.75, 3.05) is 42.8 Å². The molecular weight excluding hydrogens is 1110 g/mol. The summed E-state index contributed by atoms with van der Waals surface area (Å²) in [7, 11) is 0. The lowest BCUT2D eigenvalue weighted by atomic mass is 9.83. The highest BCUT2D eigenvalue weighted by atomic mass is 19.4. The Morgan fingerprint density at radius 3 is 1.95 bits per heavy atom. The van der Waals surface area contributed by atoms with E-state index in [9.17, 15) is 41.9 Å². The van der Waals surface area contributed by atoms with Gasteiger partial charge in [0, 0.05) is 59.8 Å². The molecule has 0 amide bonds. The number of nitrogens with one attached hydrogen (secondary N) is 1. The van der Waals surface area contributed by atoms with E-state index in [1.54, 1.807) is 54.6 Å². The van der Waals surface area contributed by atoms with Crippen LogP contribution in [0.15, 0.2) is 146 Å². The quantitative estimate of drug-likeness (QED) is 0.00514. The van der Waals surface area contributed by atoms with Gasteiger partial charge in [0.1, 0.15) is 24.7 Å². The van der Waals surface area contributed by atoms with Gasteiger partial charge >= 0.3 is 42.0 Å². The first-order valence-corrected chi connectivity index (χ1v) is 26.8. The van der Waals surface area contributed by atoms with Gasteiger partial charge in [0.25, 0.3) is 0 Å². The molecule has 4 unspecified atom stereocenters. The van der Waals surface area contributed by atoms with Crippen molar-refractivity contribution in [2.45, 2.75) is 57.9 Å². The maximum atomic E-state index is 12.4. The number of nitrogens with two attached hydrogens (primary N) is 4. The molecule has 10 rings (SSSR count). The molecule has 2 aliphatic heterocycles. The minimum Gasteiger partial charge on any atom is -0.494 e. The topological polar surface area (TPSA) is 305 Å². The van der Waals surface area contributed by atoms with E-state index in [4.69, 9.17) is 56.7 Å². The molecule has 1 aromatic heterocycles. The van der Waals surface area contributed by atoms with Crippen molar-refractivity contribution >= 4 is 75.5 Å². The molecule has 20 nitrogen and oxygen atoms in total. The molecule has 4 atom stereocenters. The minimum absolute atomic E-state index is 0.0138. The van der Waals surface area contributed by atoms with Gasteiger partial charge in [0.2, 0.25) is 0 Å². The number of fused-ring (bicyclic) bond motifs is 6. The molecule has 9 N–H and O–H groups in total. The van der Waals surface area contributed by atoms with Crippen molar-refractivity contribution < 1.29 is 85.2 Å². The van der Waals surface area contributed by atoms with Crippen molar-refractivity contribution in [3.63, 3.8) is 0 Å². The number of aromatic nitrogens is 1. The van der Waals surface area contributed by atoms with Crippen molar-refractivity contribution in [2.24, 2.45) is 23.7 Å². The van der Waals surface area contributed by atoms with Crippen LogP contribution in [0.4, 0.5) is 35.9 Å². The van der Waals surface area contributed by atoms with E-state index in [0.717, 1.165) is 33.2 Å². The molecule has 3 aliphatic rings. The zero-order valence-corrected chi connectivity index (χ0v) is 45.6. The number of halogens is 3. The molecule has 1 aliphatic carbocycles. The fraction of sp³-hybridized carbons (Fsp3) is 0.258. The molecule has 2 saturated heterocycles. The largest absolute Gasteiger partial charge is 0.494 e. The average molecular weight is 1170 g/mol. The zero-order chi connectivity index (χ0) is 60.5. The Balaban J connectivity index is 0.000000178. The van der Waals surface area contributed by atoms with Gasteiger partial charge in [-0.05, 0) is 149 Å². The molecule has 85 heavy (non-hydrogen) atoms. The lowest BCUT2D eigenvalue weighted by Gasteiger charge is -2.24. The van der Waals surface area contributed by atoms with Gasteiger partial charge in [-0.3, -0.25) is 19.2 Å². The fourth-order valence-corrected chi connectivity index (χ4v) is 9.37. The third-order valence-electron chi connectivity index (χ3n) is 13.7. The summed E-state index contributed by atoms with van der Waals surface area (Å²) in [4.78, 5) is 94.2. The van der Waals surface area contributed by atoms with Crippen LogP contribution in [-0.4, -0.2) is 66.8 Å². The van der Waals surface area contributed by atoms with E-state index in [0.29, 0.717) is 84.6 Å². The second-order valence-electron chi connectivity index (χ2n) is 19.8. The number of anilines is 4. The van der Waals surface area contributed by atoms with Crippen LogP contribution < -0.4 is 37.3 Å². The second-order valence-corrected chi connectivity index (χ2v) is 19.8. The standard InChI is InChI=1S/C28H27F3N2O5.C24H25N3O4.C10H8O6/c29-28(30,31)15-1-16-36-23-11-6-21(7-12-23)27(35)38-24-9-2-19(3-10-24)4-13-26(34)37-17-14-20-5-8-22(32)18-25(20)33;25-21-5-4-19(23(26)14-21)10-12-28-29-15-17-1-6-22(7-2-17)31-30-16-18-3-8-24-20(13-18)9-11-27-24;11-6-2-3-4-1-5(7(3)10(14)15-6)9(13)16-8(4)12/h2-13,18H,1,14-17,32-33H2;1-9,11,13-14,27H,10,12,15-16,25-26H2;3-5,7H,1-2H2/b13-4+;;. The Morgan fingerprint density at radius 1 is 0.635 bits per heavy atom. The molecule has 23 heteroatoms. The Hall–Kier alpha value is -9.71. The number of carbonyl (C=O) groups excluding carboxylic acids is 6. The molecule has 6 aromatic carbocycles. The molecule has 444 valence electrons. The van der Waals surface area contributed by atoms with Crippen LogP contribution in [0.1, 0.15) is 63.9 Å². The molecule has 0 radical (unpaired) electrons. The summed E-state index contributed by atoms with van der Waals surface area (Å²) in [5.41, 5.74) is 31.4. The first kappa shape index (κ1) is 61.4. The van der Waals surface area contributed by atoms with Crippen LogP contribution >= 0.6 is 0 Å². The molecule has 3 fully saturated rings. The maximum absolute atomic E-state index is 12.4. The number of ether oxygens (including phenoxy) is 5. The van der Waals surface area contributed by atoms with Crippen molar-refractivity contribution in [3.8, 4) is 17.2 Å². The van der Waals surface area contributed by atoms with Crippen LogP contribution in [-0.2, 0) is 78.9 Å². The SMILES string of the molecule is Nc1ccc(CCOC(=O)/C=C/c2ccc(OC(=O)c3ccc(OCCCC(F)(F)F)cc3)cc2)c(N)c1.Nc1ccc(CCOOCc2ccc(OOCc3ccc4[nH]ccc4c3)cc2)c(N)c1.O=C1CC2C3CC(C(=O)OC3=O)C2C(=O)O1. The van der Waals surface area contributed by atoms with Gasteiger partial charge in [0.15, 0.2) is 5.75 Å². The van der Waals surface area contributed by atoms with Crippen molar-refractivity contribution in [3.05, 3.63) is 179 Å². The Morgan fingerprint density at radius 2 is 1.27 bits per heavy atom. The summed E-state index contributed by atoms with van der Waals surface area (Å²) in [5, 5.41) is 1.14. The average Bonchev–Trinajstić information content (AvgIpc) is 2.54. The number of hydrogen-bond acceptors (Lipinski definition) is 19. The van der Waals surface area contributed by atoms with E-state index >= 15 is 0 Å². The first-order chi connectivity index (χ1) is 40.8. The molecule has 7 aromatic rings. The number of esters is 6. The zero-order valence-electron chi connectivity index (χ0n) is 45.6. The number of H-pyrrole nitrogens is 1. The molecule has 1 saturated carbocycles. The van der Waals surface area contributed by atoms with Gasteiger partial charge < -0.3 is 56.5 Å². The number of aromatic amines is 1. The lowest BCUT2D eigenvalue weighted by molar-refractivity contribution is -0.303. The Bertz CT molecular complexity index is 3500. The van der Waals surface area contributed by atoms with Crippen LogP contribution in [0, 0.1) is 23.7 Å². The summed E-state index contributed by atoms with van der Waals surface area (Å²) in [6, 6.07) is 38.6. The first-order valence-electron chi connectivity index (χ1n) is 26.8. The number of nitrogen functional groups attached to an aromatic ring is 4. The smallest absolute Gasteiger partial charge is 0.389 e. The van der Waals surface area contributed by atoms with Crippen LogP contribution in [0.5, 0.6) is 17.2 Å². The minimum atomic E-state index is -4.22. The molecule has 3 heterocycles. The number of cyclic esters (lactones) is 4. The summed E-state index contributed by atoms with van der Waals surface area (Å²) < 4.78 is 61.3. The molecule has 2 bridgehead atoms. The van der Waals surface area contributed by atoms with Crippen LogP contribution in [0.2, 0.25) is 0 Å². The normalized spacial score (nSPS) is 16.9. The highest BCUT2D eigenvalue weighted by Gasteiger charge is 2.60. The van der Waals surface area contributed by atoms with Crippen LogP contribution in [0.25, 0.3) is 17.0 Å². The van der Waals surface area contributed by atoms with Gasteiger partial charge in [-0.25, -0.2) is 19.4 Å². The molecular formula is C62H60F3N5O15. The highest BCUT2D eigenvalue weighted by Crippen LogP contribution is 2.50. The van der Waals surface area contributed by atoms with Crippen molar-refractivity contribution in [1.82, 2.24) is 4.98 Å². The summed E-state index contributed by atoms with van der Waals surface area (Å²) in [5.74, 6) is -4.68. The fourth-order valence-electron chi connectivity index (χ4n) is 9.37. The number of carbonyl (C=O) groups is 6. The number of benzene rings is 6.